The van der Waals surface area contributed by atoms with Crippen LogP contribution in [-0.4, -0.2) is 17.7 Å². The molecule has 0 unspecified atom stereocenters. The van der Waals surface area contributed by atoms with Gasteiger partial charge in [-0.2, -0.15) is 0 Å². The Morgan fingerprint density at radius 3 is 2.47 bits per heavy atom. The predicted octanol–water partition coefficient (Wildman–Crippen LogP) is 3.28. The molecule has 0 atom stereocenters. The highest BCUT2D eigenvalue weighted by molar-refractivity contribution is 5.73. The molecule has 0 aliphatic heterocycles. The fourth-order valence-electron chi connectivity index (χ4n) is 2.48. The zero-order valence-corrected chi connectivity index (χ0v) is 12.5. The van der Waals surface area contributed by atoms with Crippen LogP contribution in [0.2, 0.25) is 0 Å². The number of carbonyl (C=O) groups is 1. The van der Waals surface area contributed by atoms with Gasteiger partial charge < -0.3 is 9.84 Å². The lowest BCUT2D eigenvalue weighted by Crippen LogP contribution is -2.22. The summed E-state index contributed by atoms with van der Waals surface area (Å²) >= 11 is 0. The molecule has 106 valence electrons. The third-order valence-electron chi connectivity index (χ3n) is 3.37. The lowest BCUT2D eigenvalue weighted by molar-refractivity contribution is -0.134. The Morgan fingerprint density at radius 1 is 1.32 bits per heavy atom. The van der Waals surface area contributed by atoms with Crippen molar-refractivity contribution in [1.82, 2.24) is 0 Å². The van der Waals surface area contributed by atoms with Crippen molar-refractivity contribution in [3.05, 3.63) is 28.8 Å². The molecule has 0 aliphatic carbocycles. The van der Waals surface area contributed by atoms with Gasteiger partial charge in [0.2, 0.25) is 0 Å². The highest BCUT2D eigenvalue weighted by atomic mass is 16.5. The minimum atomic E-state index is -0.231. The Kier molecular flexibility index (Phi) is 5.12. The molecular formula is C16H24O3. The van der Waals surface area contributed by atoms with Crippen molar-refractivity contribution < 1.29 is 14.6 Å². The van der Waals surface area contributed by atoms with Crippen molar-refractivity contribution >= 4 is 5.97 Å². The van der Waals surface area contributed by atoms with Gasteiger partial charge in [-0.3, -0.25) is 4.79 Å². The largest absolute Gasteiger partial charge is 0.426 e. The quantitative estimate of drug-likeness (QED) is 0.656. The van der Waals surface area contributed by atoms with Gasteiger partial charge in [-0.15, -0.1) is 0 Å². The molecule has 0 fully saturated rings. The van der Waals surface area contributed by atoms with Gasteiger partial charge in [0.1, 0.15) is 5.75 Å². The van der Waals surface area contributed by atoms with E-state index in [1.165, 1.54) is 0 Å². The van der Waals surface area contributed by atoms with Crippen molar-refractivity contribution in [3.8, 4) is 5.75 Å². The number of aliphatic hydroxyl groups is 1. The monoisotopic (exact) mass is 264 g/mol. The van der Waals surface area contributed by atoms with Crippen LogP contribution in [0.4, 0.5) is 0 Å². The van der Waals surface area contributed by atoms with Gasteiger partial charge in [0.05, 0.1) is 0 Å². The van der Waals surface area contributed by atoms with Gasteiger partial charge in [-0.1, -0.05) is 26.8 Å². The van der Waals surface area contributed by atoms with Crippen molar-refractivity contribution in [2.75, 3.05) is 6.61 Å². The Balaban J connectivity index is 3.31. The second-order valence-corrected chi connectivity index (χ2v) is 5.64. The topological polar surface area (TPSA) is 46.5 Å². The number of rotatable bonds is 5. The molecule has 1 aromatic carbocycles. The van der Waals surface area contributed by atoms with Crippen LogP contribution in [0, 0.1) is 13.8 Å². The van der Waals surface area contributed by atoms with Crippen LogP contribution >= 0.6 is 0 Å². The average Bonchev–Trinajstić information content (AvgIpc) is 2.26. The molecule has 19 heavy (non-hydrogen) atoms. The van der Waals surface area contributed by atoms with E-state index in [1.807, 2.05) is 19.9 Å². The first-order valence-electron chi connectivity index (χ1n) is 6.75. The Labute approximate surface area is 115 Å². The Hall–Kier alpha value is -1.35. The van der Waals surface area contributed by atoms with E-state index in [2.05, 4.69) is 19.9 Å². The standard InChI is InChI=1S/C16H24O3/c1-6-14(18)19-13-10-11(2)9-12(3)15(13)16(4,5)7-8-17/h9-10,17H,6-8H2,1-5H3. The number of hydrogen-bond acceptors (Lipinski definition) is 3. The number of aliphatic hydroxyl groups excluding tert-OH is 1. The van der Waals surface area contributed by atoms with Crippen molar-refractivity contribution in [3.63, 3.8) is 0 Å². The molecule has 0 heterocycles. The molecule has 0 saturated heterocycles. The zero-order chi connectivity index (χ0) is 14.6. The number of carbonyl (C=O) groups excluding carboxylic acids is 1. The Morgan fingerprint density at radius 2 is 1.95 bits per heavy atom. The van der Waals surface area contributed by atoms with Crippen LogP contribution in [0.1, 0.15) is 50.3 Å². The van der Waals surface area contributed by atoms with Gasteiger partial charge in [-0.05, 0) is 42.9 Å². The first-order valence-corrected chi connectivity index (χ1v) is 6.75. The summed E-state index contributed by atoms with van der Waals surface area (Å²) in [5.74, 6) is 0.397. The van der Waals surface area contributed by atoms with E-state index in [0.29, 0.717) is 18.6 Å². The SMILES string of the molecule is CCC(=O)Oc1cc(C)cc(C)c1C(C)(C)CCO. The van der Waals surface area contributed by atoms with Crippen LogP contribution in [0.15, 0.2) is 12.1 Å². The van der Waals surface area contributed by atoms with Crippen molar-refractivity contribution in [1.29, 1.82) is 0 Å². The average molecular weight is 264 g/mol. The summed E-state index contributed by atoms with van der Waals surface area (Å²) in [6.45, 7) is 10.0. The summed E-state index contributed by atoms with van der Waals surface area (Å²) < 4.78 is 5.47. The molecule has 3 nitrogen and oxygen atoms in total. The summed E-state index contributed by atoms with van der Waals surface area (Å²) in [6, 6.07) is 3.98. The number of benzene rings is 1. The maximum Gasteiger partial charge on any atom is 0.310 e. The highest BCUT2D eigenvalue weighted by Gasteiger charge is 2.27. The van der Waals surface area contributed by atoms with Crippen LogP contribution < -0.4 is 4.74 Å². The van der Waals surface area contributed by atoms with E-state index in [1.54, 1.807) is 6.92 Å². The summed E-state index contributed by atoms with van der Waals surface area (Å²) in [5, 5.41) is 9.22. The van der Waals surface area contributed by atoms with Crippen LogP contribution in [0.25, 0.3) is 0 Å². The molecule has 1 N–H and O–H groups in total. The number of esters is 1. The second-order valence-electron chi connectivity index (χ2n) is 5.64. The van der Waals surface area contributed by atoms with Gasteiger partial charge in [0, 0.05) is 18.6 Å². The normalized spacial score (nSPS) is 11.5. The van der Waals surface area contributed by atoms with Crippen LogP contribution in [0.5, 0.6) is 5.75 Å². The summed E-state index contributed by atoms with van der Waals surface area (Å²) in [7, 11) is 0. The first kappa shape index (κ1) is 15.7. The minimum absolute atomic E-state index is 0.113. The fourth-order valence-corrected chi connectivity index (χ4v) is 2.48. The molecule has 0 aliphatic rings. The highest BCUT2D eigenvalue weighted by Crippen LogP contribution is 2.37. The third-order valence-corrected chi connectivity index (χ3v) is 3.37. The zero-order valence-electron chi connectivity index (χ0n) is 12.5. The van der Waals surface area contributed by atoms with Crippen molar-refractivity contribution in [2.45, 2.75) is 52.9 Å². The molecule has 0 aromatic heterocycles. The van der Waals surface area contributed by atoms with E-state index in [0.717, 1.165) is 16.7 Å². The predicted molar refractivity (Wildman–Crippen MR) is 76.6 cm³/mol. The lowest BCUT2D eigenvalue weighted by Gasteiger charge is -2.28. The van der Waals surface area contributed by atoms with E-state index in [-0.39, 0.29) is 18.0 Å². The number of aryl methyl sites for hydroxylation is 2. The second kappa shape index (κ2) is 6.20. The molecule has 0 amide bonds. The van der Waals surface area contributed by atoms with Crippen LogP contribution in [0.3, 0.4) is 0 Å². The number of hydrogen-bond donors (Lipinski definition) is 1. The molecule has 1 aromatic rings. The van der Waals surface area contributed by atoms with E-state index in [4.69, 9.17) is 4.74 Å². The first-order chi connectivity index (χ1) is 8.81. The van der Waals surface area contributed by atoms with E-state index >= 15 is 0 Å². The summed E-state index contributed by atoms with van der Waals surface area (Å²) in [4.78, 5) is 11.6. The third kappa shape index (κ3) is 3.80. The lowest BCUT2D eigenvalue weighted by atomic mass is 9.78. The van der Waals surface area contributed by atoms with Gasteiger partial charge in [0.15, 0.2) is 0 Å². The molecule has 0 spiro atoms. The summed E-state index contributed by atoms with van der Waals surface area (Å²) in [6.07, 6.45) is 0.987. The maximum absolute atomic E-state index is 11.6. The number of ether oxygens (including phenoxy) is 1. The minimum Gasteiger partial charge on any atom is -0.426 e. The van der Waals surface area contributed by atoms with Gasteiger partial charge >= 0.3 is 5.97 Å². The fraction of sp³-hybridized carbons (Fsp3) is 0.562. The van der Waals surface area contributed by atoms with Crippen LogP contribution in [-0.2, 0) is 10.2 Å². The van der Waals surface area contributed by atoms with Gasteiger partial charge in [-0.25, -0.2) is 0 Å². The molecular weight excluding hydrogens is 240 g/mol. The molecule has 0 bridgehead atoms. The molecule has 0 radical (unpaired) electrons. The smallest absolute Gasteiger partial charge is 0.310 e. The Bertz CT molecular complexity index is 461. The molecule has 1 rings (SSSR count). The maximum atomic E-state index is 11.6. The van der Waals surface area contributed by atoms with E-state index in [9.17, 15) is 9.90 Å². The van der Waals surface area contributed by atoms with Crippen molar-refractivity contribution in [2.24, 2.45) is 0 Å². The molecule has 3 heteroatoms. The summed E-state index contributed by atoms with van der Waals surface area (Å²) in [5.41, 5.74) is 2.95. The van der Waals surface area contributed by atoms with E-state index < -0.39 is 0 Å². The molecule has 0 saturated carbocycles. The van der Waals surface area contributed by atoms with Gasteiger partial charge in [0.25, 0.3) is 0 Å².